The van der Waals surface area contributed by atoms with Crippen LogP contribution in [0.2, 0.25) is 0 Å². The normalized spacial score (nSPS) is 14.0. The molecule has 0 bridgehead atoms. The van der Waals surface area contributed by atoms with Crippen molar-refractivity contribution >= 4 is 44.3 Å². The van der Waals surface area contributed by atoms with Crippen molar-refractivity contribution in [3.05, 3.63) is 47.5 Å². The van der Waals surface area contributed by atoms with Gasteiger partial charge in [0.05, 0.1) is 0 Å². The van der Waals surface area contributed by atoms with E-state index in [0.29, 0.717) is 16.8 Å². The van der Waals surface area contributed by atoms with Gasteiger partial charge in [-0.1, -0.05) is 29.5 Å². The summed E-state index contributed by atoms with van der Waals surface area (Å²) in [7, 11) is 0. The van der Waals surface area contributed by atoms with Crippen molar-refractivity contribution in [2.45, 2.75) is 18.8 Å². The summed E-state index contributed by atoms with van der Waals surface area (Å²) < 4.78 is 11.4. The third-order valence-electron chi connectivity index (χ3n) is 4.33. The molecule has 1 N–H and O–H groups in total. The number of para-hydroxylation sites is 1. The average molecular weight is 365 g/mol. The number of nitrogens with one attached hydrogen (secondary N) is 1. The highest BCUT2D eigenvalue weighted by Gasteiger charge is 2.27. The fourth-order valence-electron chi connectivity index (χ4n) is 2.88. The molecule has 0 radical (unpaired) electrons. The predicted octanol–water partition coefficient (Wildman–Crippen LogP) is 4.33. The number of fused-ring (bicyclic) bond motifs is 3. The Morgan fingerprint density at radius 2 is 2.00 bits per heavy atom. The lowest BCUT2D eigenvalue weighted by Crippen LogP contribution is -2.20. The molecule has 1 saturated carbocycles. The van der Waals surface area contributed by atoms with Crippen LogP contribution in [0.25, 0.3) is 21.9 Å². The standard InChI is InChI=1S/C19H15N3O3S/c23-17(20-19-22-21-18(26-19)11-5-6-11)10-24-12-7-8-16-14(9-12)13-3-1-2-4-15(13)25-16/h1-4,7-9,11H,5-6,10H2,(H,20,22,23). The fourth-order valence-corrected chi connectivity index (χ4v) is 3.81. The molecule has 1 aliphatic rings. The van der Waals surface area contributed by atoms with Gasteiger partial charge in [0.2, 0.25) is 5.13 Å². The monoisotopic (exact) mass is 365 g/mol. The first-order chi connectivity index (χ1) is 12.8. The van der Waals surface area contributed by atoms with Gasteiger partial charge in [-0.25, -0.2) is 0 Å². The van der Waals surface area contributed by atoms with Crippen molar-refractivity contribution in [2.24, 2.45) is 0 Å². The van der Waals surface area contributed by atoms with E-state index in [0.717, 1.165) is 39.8 Å². The second-order valence-electron chi connectivity index (χ2n) is 6.31. The van der Waals surface area contributed by atoms with Crippen LogP contribution in [0.3, 0.4) is 0 Å². The predicted molar refractivity (Wildman–Crippen MR) is 99.7 cm³/mol. The number of amides is 1. The lowest BCUT2D eigenvalue weighted by molar-refractivity contribution is -0.118. The SMILES string of the molecule is O=C(COc1ccc2oc3ccccc3c2c1)Nc1nnc(C2CC2)s1. The molecule has 4 aromatic rings. The molecule has 0 saturated heterocycles. The quantitative estimate of drug-likeness (QED) is 0.569. The van der Waals surface area contributed by atoms with Gasteiger partial charge in [-0.15, -0.1) is 10.2 Å². The molecule has 1 aliphatic carbocycles. The van der Waals surface area contributed by atoms with Crippen LogP contribution >= 0.6 is 11.3 Å². The third-order valence-corrected chi connectivity index (χ3v) is 5.33. The molecule has 7 heteroatoms. The minimum Gasteiger partial charge on any atom is -0.484 e. The lowest BCUT2D eigenvalue weighted by atomic mass is 10.1. The fraction of sp³-hybridized carbons (Fsp3) is 0.211. The number of benzene rings is 2. The maximum absolute atomic E-state index is 12.1. The Morgan fingerprint density at radius 3 is 2.88 bits per heavy atom. The zero-order chi connectivity index (χ0) is 17.5. The van der Waals surface area contributed by atoms with E-state index >= 15 is 0 Å². The number of ether oxygens (including phenoxy) is 1. The van der Waals surface area contributed by atoms with Crippen LogP contribution in [0, 0.1) is 0 Å². The third kappa shape index (κ3) is 2.90. The topological polar surface area (TPSA) is 77.2 Å². The number of hydrogen-bond donors (Lipinski definition) is 1. The van der Waals surface area contributed by atoms with Gasteiger partial charge in [0.1, 0.15) is 21.9 Å². The highest BCUT2D eigenvalue weighted by molar-refractivity contribution is 7.15. The Kier molecular flexibility index (Phi) is 3.60. The molecule has 1 fully saturated rings. The smallest absolute Gasteiger partial charge is 0.264 e. The summed E-state index contributed by atoms with van der Waals surface area (Å²) in [5.41, 5.74) is 1.63. The van der Waals surface area contributed by atoms with Gasteiger partial charge in [-0.3, -0.25) is 10.1 Å². The Labute approximate surface area is 152 Å². The molecular weight excluding hydrogens is 350 g/mol. The summed E-state index contributed by atoms with van der Waals surface area (Å²) >= 11 is 1.44. The molecule has 0 aliphatic heterocycles. The molecule has 26 heavy (non-hydrogen) atoms. The summed E-state index contributed by atoms with van der Waals surface area (Å²) in [6, 6.07) is 13.4. The van der Waals surface area contributed by atoms with Crippen LogP contribution in [-0.2, 0) is 4.79 Å². The van der Waals surface area contributed by atoms with Crippen LogP contribution in [0.15, 0.2) is 46.9 Å². The Bertz CT molecular complexity index is 1110. The number of furan rings is 1. The molecule has 130 valence electrons. The molecule has 1 amide bonds. The first-order valence-corrected chi connectivity index (χ1v) is 9.25. The van der Waals surface area contributed by atoms with E-state index in [9.17, 15) is 4.79 Å². The second kappa shape index (κ2) is 6.10. The molecule has 5 rings (SSSR count). The van der Waals surface area contributed by atoms with Crippen molar-refractivity contribution in [1.29, 1.82) is 0 Å². The maximum Gasteiger partial charge on any atom is 0.264 e. The van der Waals surface area contributed by atoms with Crippen LogP contribution in [0.4, 0.5) is 5.13 Å². The van der Waals surface area contributed by atoms with E-state index < -0.39 is 0 Å². The number of anilines is 1. The summed E-state index contributed by atoms with van der Waals surface area (Å²) in [4.78, 5) is 12.1. The maximum atomic E-state index is 12.1. The highest BCUT2D eigenvalue weighted by atomic mass is 32.1. The summed E-state index contributed by atoms with van der Waals surface area (Å²) in [6.45, 7) is -0.0837. The number of hydrogen-bond acceptors (Lipinski definition) is 6. The van der Waals surface area contributed by atoms with E-state index in [-0.39, 0.29) is 12.5 Å². The first-order valence-electron chi connectivity index (χ1n) is 8.43. The number of rotatable bonds is 5. The van der Waals surface area contributed by atoms with Crippen molar-refractivity contribution in [1.82, 2.24) is 10.2 Å². The van der Waals surface area contributed by atoms with Crippen LogP contribution in [0.5, 0.6) is 5.75 Å². The molecule has 0 atom stereocenters. The van der Waals surface area contributed by atoms with Gasteiger partial charge in [-0.2, -0.15) is 0 Å². The van der Waals surface area contributed by atoms with Crippen molar-refractivity contribution in [3.8, 4) is 5.75 Å². The summed E-state index contributed by atoms with van der Waals surface area (Å²) in [5.74, 6) is 0.904. The highest BCUT2D eigenvalue weighted by Crippen LogP contribution is 2.42. The van der Waals surface area contributed by atoms with Crippen molar-refractivity contribution in [3.63, 3.8) is 0 Å². The Hall–Kier alpha value is -2.93. The summed E-state index contributed by atoms with van der Waals surface area (Å²) in [5, 5.41) is 14.4. The molecule has 2 aromatic heterocycles. The minimum absolute atomic E-state index is 0.0837. The number of carbonyl (C=O) groups excluding carboxylic acids is 1. The molecular formula is C19H15N3O3S. The number of carbonyl (C=O) groups is 1. The largest absolute Gasteiger partial charge is 0.484 e. The molecule has 0 unspecified atom stereocenters. The Morgan fingerprint density at radius 1 is 1.15 bits per heavy atom. The minimum atomic E-state index is -0.249. The van der Waals surface area contributed by atoms with E-state index in [4.69, 9.17) is 9.15 Å². The lowest BCUT2D eigenvalue weighted by Gasteiger charge is -2.05. The number of nitrogens with zero attached hydrogens (tertiary/aromatic N) is 2. The average Bonchev–Trinajstić information content (AvgIpc) is 3.29. The van der Waals surface area contributed by atoms with Crippen LogP contribution in [-0.4, -0.2) is 22.7 Å². The van der Waals surface area contributed by atoms with E-state index in [2.05, 4.69) is 15.5 Å². The second-order valence-corrected chi connectivity index (χ2v) is 7.32. The summed E-state index contributed by atoms with van der Waals surface area (Å²) in [6.07, 6.45) is 2.33. The first kappa shape index (κ1) is 15.3. The van der Waals surface area contributed by atoms with Crippen molar-refractivity contribution < 1.29 is 13.9 Å². The molecule has 6 nitrogen and oxygen atoms in total. The number of aromatic nitrogens is 2. The van der Waals surface area contributed by atoms with Gasteiger partial charge in [0.25, 0.3) is 5.91 Å². The van der Waals surface area contributed by atoms with Gasteiger partial charge in [0, 0.05) is 16.7 Å². The zero-order valence-corrected chi connectivity index (χ0v) is 14.6. The molecule has 2 aromatic carbocycles. The van der Waals surface area contributed by atoms with Gasteiger partial charge >= 0.3 is 0 Å². The van der Waals surface area contributed by atoms with E-state index in [1.54, 1.807) is 6.07 Å². The van der Waals surface area contributed by atoms with Gasteiger partial charge < -0.3 is 9.15 Å². The van der Waals surface area contributed by atoms with E-state index in [1.165, 1.54) is 11.3 Å². The van der Waals surface area contributed by atoms with Crippen molar-refractivity contribution in [2.75, 3.05) is 11.9 Å². The van der Waals surface area contributed by atoms with Gasteiger partial charge in [-0.05, 0) is 37.1 Å². The Balaban J connectivity index is 1.28. The molecule has 0 spiro atoms. The van der Waals surface area contributed by atoms with Gasteiger partial charge in [0.15, 0.2) is 6.61 Å². The zero-order valence-electron chi connectivity index (χ0n) is 13.8. The van der Waals surface area contributed by atoms with Crippen LogP contribution < -0.4 is 10.1 Å². The molecule has 2 heterocycles. The van der Waals surface area contributed by atoms with Crippen LogP contribution in [0.1, 0.15) is 23.8 Å². The van der Waals surface area contributed by atoms with E-state index in [1.807, 2.05) is 36.4 Å².